The monoisotopic (exact) mass is 340 g/mol. The number of hydrogen-bond acceptors (Lipinski definition) is 0. The Kier molecular flexibility index (Phi) is 7.09. The van der Waals surface area contributed by atoms with Crippen molar-refractivity contribution in [2.24, 2.45) is 11.8 Å². The van der Waals surface area contributed by atoms with Crippen molar-refractivity contribution < 1.29 is 24.0 Å². The first-order chi connectivity index (χ1) is 6.88. The van der Waals surface area contributed by atoms with E-state index in [4.69, 9.17) is 0 Å². The van der Waals surface area contributed by atoms with Crippen molar-refractivity contribution in [3.8, 4) is 0 Å². The van der Waals surface area contributed by atoms with Gasteiger partial charge in [-0.05, 0) is 46.8 Å². The molecule has 0 aromatic carbocycles. The van der Waals surface area contributed by atoms with Crippen molar-refractivity contribution in [2.45, 2.75) is 69.9 Å². The molecule has 2 fully saturated rings. The molecule has 2 rings (SSSR count). The van der Waals surface area contributed by atoms with Crippen LogP contribution in [0.25, 0.3) is 0 Å². The molecule has 2 saturated carbocycles. The normalized spacial score (nSPS) is 25.4. The molecule has 1 atom stereocenters. The topological polar surface area (TPSA) is 0 Å². The van der Waals surface area contributed by atoms with E-state index < -0.39 is 0 Å². The fourth-order valence-corrected chi connectivity index (χ4v) is 4.45. The molecule has 2 aliphatic rings. The first kappa shape index (κ1) is 14.2. The van der Waals surface area contributed by atoms with Crippen molar-refractivity contribution in [2.75, 3.05) is 0 Å². The molecule has 2 heteroatoms. The highest BCUT2D eigenvalue weighted by Crippen LogP contribution is 2.39. The standard InChI is InChI=1S/C13H25P.HI/c14-13(11-7-3-1-4-8-11)12-9-5-2-6-10-12;/h11-13H,1-10,14H2;1H. The second-order valence-corrected chi connectivity index (χ2v) is 6.40. The average molecular weight is 340 g/mol. The van der Waals surface area contributed by atoms with Crippen LogP contribution in [0, 0.1) is 11.8 Å². The molecule has 0 aliphatic heterocycles. The maximum Gasteiger partial charge on any atom is 0.0685 e. The number of rotatable bonds is 2. The fourth-order valence-electron chi connectivity index (χ4n) is 3.51. The van der Waals surface area contributed by atoms with Crippen LogP contribution in [0.2, 0.25) is 0 Å². The van der Waals surface area contributed by atoms with E-state index in [2.05, 4.69) is 9.24 Å². The number of hydrogen-bond donors (Lipinski definition) is 0. The van der Waals surface area contributed by atoms with Crippen LogP contribution in [0.1, 0.15) is 64.2 Å². The summed E-state index contributed by atoms with van der Waals surface area (Å²) in [6.45, 7) is 0. The van der Waals surface area contributed by atoms with E-state index in [-0.39, 0.29) is 24.0 Å². The van der Waals surface area contributed by atoms with Crippen LogP contribution >= 0.6 is 9.24 Å². The highest BCUT2D eigenvalue weighted by atomic mass is 127. The van der Waals surface area contributed by atoms with Gasteiger partial charge in [0.05, 0.1) is 5.66 Å². The van der Waals surface area contributed by atoms with Crippen molar-refractivity contribution in [3.63, 3.8) is 0 Å². The van der Waals surface area contributed by atoms with Crippen LogP contribution in [-0.2, 0) is 0 Å². The zero-order valence-corrected chi connectivity index (χ0v) is 13.5. The Morgan fingerprint density at radius 3 is 1.33 bits per heavy atom. The van der Waals surface area contributed by atoms with E-state index in [0.29, 0.717) is 0 Å². The molecule has 15 heavy (non-hydrogen) atoms. The zero-order chi connectivity index (χ0) is 9.80. The molecular weight excluding hydrogens is 314 g/mol. The summed E-state index contributed by atoms with van der Waals surface area (Å²) in [4.78, 5) is 0. The largest absolute Gasteiger partial charge is 1.00 e. The lowest BCUT2D eigenvalue weighted by Crippen LogP contribution is -3.00. The molecule has 0 N–H and O–H groups in total. The smallest absolute Gasteiger partial charge is 0.0685 e. The lowest BCUT2D eigenvalue weighted by molar-refractivity contribution is -0.00000294. The van der Waals surface area contributed by atoms with Crippen molar-refractivity contribution in [3.05, 3.63) is 0 Å². The Bertz CT molecular complexity index is 142. The third-order valence-corrected chi connectivity index (χ3v) is 5.84. The van der Waals surface area contributed by atoms with Gasteiger partial charge in [-0.15, -0.1) is 0 Å². The minimum atomic E-state index is 0. The van der Waals surface area contributed by atoms with Crippen molar-refractivity contribution in [1.82, 2.24) is 0 Å². The van der Waals surface area contributed by atoms with Crippen LogP contribution in [0.5, 0.6) is 0 Å². The highest BCUT2D eigenvalue weighted by molar-refractivity contribution is 7.17. The summed E-state index contributed by atoms with van der Waals surface area (Å²) >= 11 is 0. The Morgan fingerprint density at radius 2 is 1.00 bits per heavy atom. The third kappa shape index (κ3) is 4.15. The molecule has 0 aromatic heterocycles. The average Bonchev–Trinajstić information content (AvgIpc) is 2.30. The first-order valence-electron chi connectivity index (χ1n) is 6.71. The minimum Gasteiger partial charge on any atom is -1.00 e. The second-order valence-electron chi connectivity index (χ2n) is 5.46. The molecule has 90 valence electrons. The summed E-state index contributed by atoms with van der Waals surface area (Å²) in [6.07, 6.45) is 15.3. The van der Waals surface area contributed by atoms with Crippen LogP contribution < -0.4 is 24.0 Å². The molecule has 0 aromatic rings. The summed E-state index contributed by atoms with van der Waals surface area (Å²) in [5, 5.41) is 0. The van der Waals surface area contributed by atoms with Gasteiger partial charge >= 0.3 is 0 Å². The van der Waals surface area contributed by atoms with E-state index in [1.54, 1.807) is 25.7 Å². The quantitative estimate of drug-likeness (QED) is 0.522. The zero-order valence-electron chi connectivity index (χ0n) is 9.89. The summed E-state index contributed by atoms with van der Waals surface area (Å²) < 4.78 is 0. The predicted octanol–water partition coefficient (Wildman–Crippen LogP) is 1.13. The van der Waals surface area contributed by atoms with Gasteiger partial charge in [0, 0.05) is 0 Å². The Hall–Kier alpha value is 1.16. The lowest BCUT2D eigenvalue weighted by Gasteiger charge is -2.32. The second kappa shape index (κ2) is 7.48. The molecule has 0 bridgehead atoms. The maximum absolute atomic E-state index is 2.33. The SMILES string of the molecule is [I-].[PH3+]C(C1CCCCC1)C1CCCCC1. The molecule has 0 amide bonds. The van der Waals surface area contributed by atoms with E-state index in [9.17, 15) is 0 Å². The van der Waals surface area contributed by atoms with Gasteiger partial charge < -0.3 is 24.0 Å². The molecule has 0 nitrogen and oxygen atoms in total. The van der Waals surface area contributed by atoms with E-state index in [1.165, 1.54) is 38.5 Å². The van der Waals surface area contributed by atoms with Gasteiger partial charge in [0.1, 0.15) is 0 Å². The van der Waals surface area contributed by atoms with Gasteiger partial charge in [0.15, 0.2) is 0 Å². The molecular formula is C13H26IP. The summed E-state index contributed by atoms with van der Waals surface area (Å²) in [6, 6.07) is 0. The van der Waals surface area contributed by atoms with Crippen molar-refractivity contribution in [1.29, 1.82) is 0 Å². The van der Waals surface area contributed by atoms with E-state index in [0.717, 1.165) is 17.5 Å². The summed E-state index contributed by atoms with van der Waals surface area (Å²) in [5.74, 6) is 2.20. The molecule has 0 spiro atoms. The Labute approximate surface area is 115 Å². The molecule has 0 saturated heterocycles. The Morgan fingerprint density at radius 1 is 0.667 bits per heavy atom. The first-order valence-corrected chi connectivity index (χ1v) is 7.52. The molecule has 0 heterocycles. The lowest BCUT2D eigenvalue weighted by atomic mass is 9.77. The minimum absolute atomic E-state index is 0. The highest BCUT2D eigenvalue weighted by Gasteiger charge is 2.31. The molecule has 2 aliphatic carbocycles. The summed E-state index contributed by atoms with van der Waals surface area (Å²) in [5.41, 5.74) is 1.07. The van der Waals surface area contributed by atoms with Gasteiger partial charge in [0.2, 0.25) is 0 Å². The van der Waals surface area contributed by atoms with E-state index >= 15 is 0 Å². The van der Waals surface area contributed by atoms with Crippen LogP contribution in [-0.4, -0.2) is 5.66 Å². The summed E-state index contributed by atoms with van der Waals surface area (Å²) in [7, 11) is 2.33. The van der Waals surface area contributed by atoms with Gasteiger partial charge in [-0.2, -0.15) is 0 Å². The van der Waals surface area contributed by atoms with Gasteiger partial charge in [0.25, 0.3) is 0 Å². The van der Waals surface area contributed by atoms with Gasteiger partial charge in [-0.1, -0.05) is 38.5 Å². The van der Waals surface area contributed by atoms with Crippen molar-refractivity contribution >= 4 is 9.24 Å². The van der Waals surface area contributed by atoms with Gasteiger partial charge in [-0.25, -0.2) is 0 Å². The van der Waals surface area contributed by atoms with Gasteiger partial charge in [-0.3, -0.25) is 0 Å². The third-order valence-electron chi connectivity index (χ3n) is 4.51. The fraction of sp³-hybridized carbons (Fsp3) is 1.00. The molecule has 0 radical (unpaired) electrons. The Balaban J connectivity index is 0.00000112. The maximum atomic E-state index is 2.33. The molecule has 1 unspecified atom stereocenters. The van der Waals surface area contributed by atoms with Crippen LogP contribution in [0.3, 0.4) is 0 Å². The van der Waals surface area contributed by atoms with E-state index in [1.807, 2.05) is 0 Å². The van der Waals surface area contributed by atoms with Crippen LogP contribution in [0.15, 0.2) is 0 Å². The number of halogens is 1. The predicted molar refractivity (Wildman–Crippen MR) is 68.0 cm³/mol. The van der Waals surface area contributed by atoms with Crippen LogP contribution in [0.4, 0.5) is 0 Å².